The lowest BCUT2D eigenvalue weighted by Gasteiger charge is -2.09. The number of halogens is 2. The van der Waals surface area contributed by atoms with Crippen molar-refractivity contribution in [1.29, 1.82) is 0 Å². The van der Waals surface area contributed by atoms with E-state index in [0.717, 1.165) is 11.3 Å². The number of thiazole rings is 1. The van der Waals surface area contributed by atoms with Gasteiger partial charge in [-0.3, -0.25) is 10.1 Å². The van der Waals surface area contributed by atoms with Crippen molar-refractivity contribution < 1.29 is 9.53 Å². The minimum Gasteiger partial charge on any atom is -0.493 e. The molecule has 30 heavy (non-hydrogen) atoms. The van der Waals surface area contributed by atoms with E-state index in [0.29, 0.717) is 38.8 Å². The number of nitrogens with one attached hydrogen (secondary N) is 1. The molecular weight excluding hydrogens is 443 g/mol. The summed E-state index contributed by atoms with van der Waals surface area (Å²) in [7, 11) is 0. The monoisotopic (exact) mass is 460 g/mol. The maximum absolute atomic E-state index is 12.7. The summed E-state index contributed by atoms with van der Waals surface area (Å²) in [5.41, 5.74) is 2.02. The van der Waals surface area contributed by atoms with Crippen molar-refractivity contribution in [1.82, 2.24) is 14.6 Å². The maximum Gasteiger partial charge on any atom is 0.258 e. The van der Waals surface area contributed by atoms with Crippen LogP contribution in [0.4, 0.5) is 5.95 Å². The second-order valence-corrected chi connectivity index (χ2v) is 8.74. The summed E-state index contributed by atoms with van der Waals surface area (Å²) in [6.45, 7) is 4.72. The zero-order chi connectivity index (χ0) is 21.3. The number of aromatic nitrogens is 3. The smallest absolute Gasteiger partial charge is 0.258 e. The third kappa shape index (κ3) is 4.43. The Hall–Kier alpha value is -2.61. The summed E-state index contributed by atoms with van der Waals surface area (Å²) in [5.74, 6) is 0.948. The van der Waals surface area contributed by atoms with Crippen molar-refractivity contribution in [2.75, 3.05) is 11.9 Å². The molecule has 0 fully saturated rings. The number of amides is 1. The van der Waals surface area contributed by atoms with Crippen molar-refractivity contribution in [2.45, 2.75) is 13.8 Å². The SMILES string of the molecule is CC(C)COc1cccc(C(=O)Nc2nc3scc(-c4ccc(Cl)cc4Cl)n3n2)c1. The predicted molar refractivity (Wildman–Crippen MR) is 121 cm³/mol. The molecule has 0 spiro atoms. The topological polar surface area (TPSA) is 68.5 Å². The largest absolute Gasteiger partial charge is 0.493 e. The Morgan fingerprint density at radius 1 is 1.23 bits per heavy atom. The molecule has 2 heterocycles. The third-order valence-corrected chi connectivity index (χ3v) is 5.56. The minimum absolute atomic E-state index is 0.215. The van der Waals surface area contributed by atoms with Crippen LogP contribution >= 0.6 is 34.5 Å². The minimum atomic E-state index is -0.311. The fourth-order valence-corrected chi connectivity index (χ4v) is 4.11. The van der Waals surface area contributed by atoms with Crippen LogP contribution in [-0.2, 0) is 0 Å². The summed E-state index contributed by atoms with van der Waals surface area (Å²) < 4.78 is 7.34. The molecule has 2 aromatic carbocycles. The number of fused-ring (bicyclic) bond motifs is 1. The van der Waals surface area contributed by atoms with Gasteiger partial charge in [-0.25, -0.2) is 4.52 Å². The molecule has 6 nitrogen and oxygen atoms in total. The number of benzene rings is 2. The van der Waals surface area contributed by atoms with Crippen LogP contribution in [0.3, 0.4) is 0 Å². The van der Waals surface area contributed by atoms with E-state index in [1.807, 2.05) is 17.5 Å². The molecular formula is C21H18Cl2N4O2S. The molecule has 1 N–H and O–H groups in total. The van der Waals surface area contributed by atoms with Crippen LogP contribution in [0.25, 0.3) is 16.2 Å². The Bertz CT molecular complexity index is 1220. The molecule has 0 aliphatic rings. The highest BCUT2D eigenvalue weighted by atomic mass is 35.5. The van der Waals surface area contributed by atoms with Gasteiger partial charge < -0.3 is 4.74 Å². The molecule has 9 heteroatoms. The van der Waals surface area contributed by atoms with Crippen molar-refractivity contribution in [3.63, 3.8) is 0 Å². The van der Waals surface area contributed by atoms with E-state index in [-0.39, 0.29) is 11.9 Å². The molecule has 0 atom stereocenters. The summed E-state index contributed by atoms with van der Waals surface area (Å²) in [6, 6.07) is 12.3. The highest BCUT2D eigenvalue weighted by molar-refractivity contribution is 7.15. The van der Waals surface area contributed by atoms with Crippen LogP contribution in [0.15, 0.2) is 47.8 Å². The lowest BCUT2D eigenvalue weighted by Crippen LogP contribution is -2.13. The molecule has 0 unspecified atom stereocenters. The Labute approximate surface area is 187 Å². The first-order valence-electron chi connectivity index (χ1n) is 9.24. The molecule has 4 rings (SSSR count). The number of carbonyl (C=O) groups is 1. The lowest BCUT2D eigenvalue weighted by molar-refractivity contribution is 0.102. The van der Waals surface area contributed by atoms with Gasteiger partial charge in [0.2, 0.25) is 4.96 Å². The van der Waals surface area contributed by atoms with Gasteiger partial charge in [-0.1, -0.05) is 43.1 Å². The van der Waals surface area contributed by atoms with E-state index in [9.17, 15) is 4.79 Å². The average molecular weight is 461 g/mol. The Kier molecular flexibility index (Phi) is 5.94. The molecule has 0 saturated heterocycles. The normalized spacial score (nSPS) is 11.2. The third-order valence-electron chi connectivity index (χ3n) is 4.19. The molecule has 0 radical (unpaired) electrons. The summed E-state index contributed by atoms with van der Waals surface area (Å²) >= 11 is 13.7. The van der Waals surface area contributed by atoms with E-state index in [1.54, 1.807) is 34.8 Å². The van der Waals surface area contributed by atoms with Crippen molar-refractivity contribution in [2.24, 2.45) is 5.92 Å². The van der Waals surface area contributed by atoms with Gasteiger partial charge in [0.15, 0.2) is 0 Å². The number of hydrogen-bond acceptors (Lipinski definition) is 5. The second-order valence-electron chi connectivity index (χ2n) is 7.06. The fraction of sp³-hybridized carbons (Fsp3) is 0.190. The van der Waals surface area contributed by atoms with Gasteiger partial charge in [0.1, 0.15) is 5.75 Å². The highest BCUT2D eigenvalue weighted by Gasteiger charge is 2.16. The highest BCUT2D eigenvalue weighted by Crippen LogP contribution is 2.33. The van der Waals surface area contributed by atoms with E-state index >= 15 is 0 Å². The van der Waals surface area contributed by atoms with Crippen molar-refractivity contribution >= 4 is 51.4 Å². The maximum atomic E-state index is 12.7. The zero-order valence-electron chi connectivity index (χ0n) is 16.2. The summed E-state index contributed by atoms with van der Waals surface area (Å²) in [4.78, 5) is 17.7. The van der Waals surface area contributed by atoms with Crippen molar-refractivity contribution in [3.05, 3.63) is 63.5 Å². The van der Waals surface area contributed by atoms with E-state index in [4.69, 9.17) is 27.9 Å². The fourth-order valence-electron chi connectivity index (χ4n) is 2.78. The number of rotatable bonds is 6. The second kappa shape index (κ2) is 8.63. The van der Waals surface area contributed by atoms with Gasteiger partial charge in [0.05, 0.1) is 17.3 Å². The van der Waals surface area contributed by atoms with Crippen LogP contribution in [-0.4, -0.2) is 27.1 Å². The Morgan fingerprint density at radius 3 is 2.83 bits per heavy atom. The Morgan fingerprint density at radius 2 is 2.07 bits per heavy atom. The average Bonchev–Trinajstić information content (AvgIpc) is 3.27. The van der Waals surface area contributed by atoms with Gasteiger partial charge in [-0.2, -0.15) is 4.98 Å². The van der Waals surface area contributed by atoms with Crippen LogP contribution in [0.2, 0.25) is 10.0 Å². The molecule has 0 saturated carbocycles. The number of anilines is 1. The first-order chi connectivity index (χ1) is 14.4. The van der Waals surface area contributed by atoms with Crippen molar-refractivity contribution in [3.8, 4) is 17.0 Å². The van der Waals surface area contributed by atoms with E-state index < -0.39 is 0 Å². The predicted octanol–water partition coefficient (Wildman–Crippen LogP) is 6.05. The zero-order valence-corrected chi connectivity index (χ0v) is 18.6. The summed E-state index contributed by atoms with van der Waals surface area (Å²) in [5, 5.41) is 10.1. The van der Waals surface area contributed by atoms with Crippen LogP contribution in [0, 0.1) is 5.92 Å². The molecule has 0 aliphatic carbocycles. The molecule has 2 aromatic heterocycles. The van der Waals surface area contributed by atoms with Crippen LogP contribution in [0.5, 0.6) is 5.75 Å². The first-order valence-corrected chi connectivity index (χ1v) is 10.9. The van der Waals surface area contributed by atoms with Crippen LogP contribution in [0.1, 0.15) is 24.2 Å². The lowest BCUT2D eigenvalue weighted by atomic mass is 10.2. The van der Waals surface area contributed by atoms with Gasteiger partial charge >= 0.3 is 0 Å². The van der Waals surface area contributed by atoms with Gasteiger partial charge in [-0.15, -0.1) is 16.4 Å². The van der Waals surface area contributed by atoms with E-state index in [2.05, 4.69) is 29.2 Å². The Balaban J connectivity index is 1.56. The molecule has 0 bridgehead atoms. The van der Waals surface area contributed by atoms with Crippen LogP contribution < -0.4 is 10.1 Å². The molecule has 0 aliphatic heterocycles. The molecule has 154 valence electrons. The number of hydrogen-bond donors (Lipinski definition) is 1. The first kappa shape index (κ1) is 20.7. The quantitative estimate of drug-likeness (QED) is 0.380. The van der Waals surface area contributed by atoms with Gasteiger partial charge in [0, 0.05) is 21.5 Å². The van der Waals surface area contributed by atoms with E-state index in [1.165, 1.54) is 11.3 Å². The summed E-state index contributed by atoms with van der Waals surface area (Å²) in [6.07, 6.45) is 0. The molecule has 4 aromatic rings. The number of carbonyl (C=O) groups excluding carboxylic acids is 1. The molecule has 1 amide bonds. The number of ether oxygens (including phenoxy) is 1. The number of nitrogens with zero attached hydrogens (tertiary/aromatic N) is 3. The van der Waals surface area contributed by atoms with Gasteiger partial charge in [-0.05, 0) is 42.3 Å². The standard InChI is InChI=1S/C21H18Cl2N4O2S/c1-12(2)10-29-15-5-3-4-13(8-15)19(28)24-20-25-21-27(26-20)18(11-30-21)16-7-6-14(22)9-17(16)23/h3-9,11-12H,10H2,1-2H3,(H,24,26,28). The van der Waals surface area contributed by atoms with Gasteiger partial charge in [0.25, 0.3) is 11.9 Å².